The van der Waals surface area contributed by atoms with Gasteiger partial charge in [0.25, 0.3) is 0 Å². The van der Waals surface area contributed by atoms with Crippen LogP contribution in [0.4, 0.5) is 0 Å². The Kier molecular flexibility index (Phi) is 2.49. The molecule has 3 aliphatic rings. The number of nitriles is 1. The molecule has 1 aromatic rings. The molecule has 19 heavy (non-hydrogen) atoms. The van der Waals surface area contributed by atoms with Gasteiger partial charge >= 0.3 is 0 Å². The van der Waals surface area contributed by atoms with Gasteiger partial charge in [-0.25, -0.2) is 0 Å². The molecule has 98 valence electrons. The van der Waals surface area contributed by atoms with Crippen LogP contribution in [0.1, 0.15) is 48.8 Å². The number of hydrogen-bond donors (Lipinski definition) is 0. The number of rotatable bonds is 2. The van der Waals surface area contributed by atoms with Gasteiger partial charge in [-0.05, 0) is 73.5 Å². The van der Waals surface area contributed by atoms with E-state index in [4.69, 9.17) is 0 Å². The van der Waals surface area contributed by atoms with Crippen molar-refractivity contribution in [1.29, 1.82) is 5.26 Å². The smallest absolute Gasteiger partial charge is 0.0696 e. The van der Waals surface area contributed by atoms with Gasteiger partial charge in [-0.1, -0.05) is 24.6 Å². The summed E-state index contributed by atoms with van der Waals surface area (Å²) in [6, 6.07) is 9.72. The average molecular weight is 251 g/mol. The molecule has 0 aliphatic heterocycles. The Morgan fingerprint density at radius 3 is 2.84 bits per heavy atom. The first kappa shape index (κ1) is 11.5. The third-order valence-corrected chi connectivity index (χ3v) is 5.88. The molecule has 0 N–H and O–H groups in total. The SMILES string of the molecule is N#CC1(Cc2ccc3c(c2)CCC3)CC2CCC1C2. The lowest BCUT2D eigenvalue weighted by Gasteiger charge is -2.31. The van der Waals surface area contributed by atoms with Crippen molar-refractivity contribution >= 4 is 0 Å². The van der Waals surface area contributed by atoms with Crippen molar-refractivity contribution in [2.45, 2.75) is 51.4 Å². The topological polar surface area (TPSA) is 23.8 Å². The number of fused-ring (bicyclic) bond motifs is 3. The predicted octanol–water partition coefficient (Wildman–Crippen LogP) is 4.05. The number of benzene rings is 1. The number of aryl methyl sites for hydroxylation is 2. The third kappa shape index (κ3) is 1.73. The van der Waals surface area contributed by atoms with E-state index in [1.54, 1.807) is 11.1 Å². The molecular formula is C18H21N. The summed E-state index contributed by atoms with van der Waals surface area (Å²) in [4.78, 5) is 0. The molecule has 3 aliphatic carbocycles. The standard InChI is InChI=1S/C18H21N/c19-12-18(11-14-5-7-17(18)9-14)10-13-4-6-15-2-1-3-16(15)8-13/h4,6,8,14,17H,1-3,5,7,9-11H2. The molecule has 0 spiro atoms. The van der Waals surface area contributed by atoms with E-state index < -0.39 is 0 Å². The van der Waals surface area contributed by atoms with E-state index in [1.807, 2.05) is 0 Å². The van der Waals surface area contributed by atoms with Gasteiger partial charge in [-0.15, -0.1) is 0 Å². The zero-order valence-corrected chi connectivity index (χ0v) is 11.5. The van der Waals surface area contributed by atoms with Crippen LogP contribution in [0.2, 0.25) is 0 Å². The number of nitrogens with zero attached hydrogens (tertiary/aromatic N) is 1. The summed E-state index contributed by atoms with van der Waals surface area (Å²) in [6.45, 7) is 0. The first-order chi connectivity index (χ1) is 9.29. The summed E-state index contributed by atoms with van der Waals surface area (Å²) in [5, 5.41) is 9.74. The fourth-order valence-electron chi connectivity index (χ4n) is 4.94. The maximum absolute atomic E-state index is 9.74. The van der Waals surface area contributed by atoms with E-state index in [0.717, 1.165) is 18.8 Å². The molecule has 1 heteroatoms. The van der Waals surface area contributed by atoms with Crippen LogP contribution in [-0.2, 0) is 19.3 Å². The minimum absolute atomic E-state index is 0.0320. The van der Waals surface area contributed by atoms with Crippen LogP contribution >= 0.6 is 0 Å². The second-order valence-corrected chi connectivity index (χ2v) is 6.98. The maximum Gasteiger partial charge on any atom is 0.0696 e. The maximum atomic E-state index is 9.74. The Morgan fingerprint density at radius 2 is 2.11 bits per heavy atom. The van der Waals surface area contributed by atoms with Gasteiger partial charge in [-0.2, -0.15) is 5.26 Å². The summed E-state index contributed by atoms with van der Waals surface area (Å²) in [5.74, 6) is 1.52. The molecule has 0 saturated heterocycles. The lowest BCUT2D eigenvalue weighted by molar-refractivity contribution is 0.239. The van der Waals surface area contributed by atoms with Gasteiger partial charge in [0.15, 0.2) is 0 Å². The fourth-order valence-corrected chi connectivity index (χ4v) is 4.94. The molecular weight excluding hydrogens is 230 g/mol. The Bertz CT molecular complexity index is 553. The highest BCUT2D eigenvalue weighted by Gasteiger charge is 2.51. The molecule has 4 rings (SSSR count). The van der Waals surface area contributed by atoms with E-state index in [0.29, 0.717) is 5.92 Å². The van der Waals surface area contributed by atoms with E-state index in [2.05, 4.69) is 24.3 Å². The van der Waals surface area contributed by atoms with Crippen LogP contribution in [0, 0.1) is 28.6 Å². The summed E-state index contributed by atoms with van der Waals surface area (Å²) < 4.78 is 0. The molecule has 0 radical (unpaired) electrons. The van der Waals surface area contributed by atoms with Crippen molar-refractivity contribution in [2.24, 2.45) is 17.3 Å². The minimum atomic E-state index is -0.0320. The summed E-state index contributed by atoms with van der Waals surface area (Å²) in [5.41, 5.74) is 4.47. The van der Waals surface area contributed by atoms with Gasteiger partial charge < -0.3 is 0 Å². The van der Waals surface area contributed by atoms with E-state index in [1.165, 1.54) is 44.1 Å². The molecule has 3 unspecified atom stereocenters. The molecule has 0 aromatic heterocycles. The van der Waals surface area contributed by atoms with Crippen LogP contribution in [0.5, 0.6) is 0 Å². The van der Waals surface area contributed by atoms with E-state index in [-0.39, 0.29) is 5.41 Å². The van der Waals surface area contributed by atoms with Crippen LogP contribution in [0.25, 0.3) is 0 Å². The zero-order chi connectivity index (χ0) is 12.9. The van der Waals surface area contributed by atoms with Crippen molar-refractivity contribution in [1.82, 2.24) is 0 Å². The van der Waals surface area contributed by atoms with Crippen LogP contribution in [-0.4, -0.2) is 0 Å². The lowest BCUT2D eigenvalue weighted by Crippen LogP contribution is -2.28. The molecule has 2 saturated carbocycles. The molecule has 2 fully saturated rings. The molecule has 1 nitrogen and oxygen atoms in total. The van der Waals surface area contributed by atoms with E-state index in [9.17, 15) is 5.26 Å². The lowest BCUT2D eigenvalue weighted by atomic mass is 9.70. The Labute approximate surface area is 115 Å². The molecule has 3 atom stereocenters. The largest absolute Gasteiger partial charge is 0.198 e. The van der Waals surface area contributed by atoms with E-state index >= 15 is 0 Å². The fraction of sp³-hybridized carbons (Fsp3) is 0.611. The van der Waals surface area contributed by atoms with Gasteiger partial charge in [-0.3, -0.25) is 0 Å². The Hall–Kier alpha value is -1.29. The van der Waals surface area contributed by atoms with Crippen molar-refractivity contribution in [2.75, 3.05) is 0 Å². The van der Waals surface area contributed by atoms with Crippen molar-refractivity contribution in [3.05, 3.63) is 34.9 Å². The molecule has 0 amide bonds. The highest BCUT2D eigenvalue weighted by Crippen LogP contribution is 2.57. The van der Waals surface area contributed by atoms with Gasteiger partial charge in [0.05, 0.1) is 11.5 Å². The summed E-state index contributed by atoms with van der Waals surface area (Å²) in [6.07, 6.45) is 9.95. The second-order valence-electron chi connectivity index (χ2n) is 6.98. The first-order valence-corrected chi connectivity index (χ1v) is 7.81. The average Bonchev–Trinajstić information content (AvgIpc) is 3.12. The van der Waals surface area contributed by atoms with Crippen molar-refractivity contribution in [3.63, 3.8) is 0 Å². The van der Waals surface area contributed by atoms with Crippen LogP contribution < -0.4 is 0 Å². The molecule has 1 aromatic carbocycles. The normalized spacial score (nSPS) is 35.3. The quantitative estimate of drug-likeness (QED) is 0.778. The highest BCUT2D eigenvalue weighted by molar-refractivity contribution is 5.36. The zero-order valence-electron chi connectivity index (χ0n) is 11.5. The predicted molar refractivity (Wildman–Crippen MR) is 75.7 cm³/mol. The summed E-state index contributed by atoms with van der Waals surface area (Å²) in [7, 11) is 0. The van der Waals surface area contributed by atoms with Gasteiger partial charge in [0, 0.05) is 0 Å². The van der Waals surface area contributed by atoms with Gasteiger partial charge in [0.1, 0.15) is 0 Å². The highest BCUT2D eigenvalue weighted by atomic mass is 14.6. The van der Waals surface area contributed by atoms with Crippen molar-refractivity contribution < 1.29 is 0 Å². The Balaban J connectivity index is 1.62. The van der Waals surface area contributed by atoms with Gasteiger partial charge in [0.2, 0.25) is 0 Å². The third-order valence-electron chi connectivity index (χ3n) is 5.88. The molecule has 0 heterocycles. The van der Waals surface area contributed by atoms with Crippen LogP contribution in [0.3, 0.4) is 0 Å². The Morgan fingerprint density at radius 1 is 1.21 bits per heavy atom. The van der Waals surface area contributed by atoms with Crippen molar-refractivity contribution in [3.8, 4) is 6.07 Å². The second kappa shape index (κ2) is 4.10. The van der Waals surface area contributed by atoms with Crippen LogP contribution in [0.15, 0.2) is 18.2 Å². The molecule has 2 bridgehead atoms. The number of hydrogen-bond acceptors (Lipinski definition) is 1. The first-order valence-electron chi connectivity index (χ1n) is 7.81. The minimum Gasteiger partial charge on any atom is -0.198 e. The monoisotopic (exact) mass is 251 g/mol. The summed E-state index contributed by atoms with van der Waals surface area (Å²) >= 11 is 0.